The molecule has 1 aliphatic carbocycles. The summed E-state index contributed by atoms with van der Waals surface area (Å²) in [6.07, 6.45) is 9.43. The van der Waals surface area contributed by atoms with E-state index >= 15 is 0 Å². The molecular weight excluding hydrogens is 304 g/mol. The molecule has 2 fully saturated rings. The zero-order chi connectivity index (χ0) is 16.9. The Morgan fingerprint density at radius 1 is 1.21 bits per heavy atom. The number of nitrogens with one attached hydrogen (secondary N) is 1. The van der Waals surface area contributed by atoms with Gasteiger partial charge in [0.05, 0.1) is 0 Å². The van der Waals surface area contributed by atoms with E-state index in [0.717, 1.165) is 51.7 Å². The second-order valence-corrected chi connectivity index (χ2v) is 7.19. The molecule has 6 heteroatoms. The molecule has 0 radical (unpaired) electrons. The zero-order valence-corrected chi connectivity index (χ0v) is 14.5. The lowest BCUT2D eigenvalue weighted by molar-refractivity contribution is -0.141. The third-order valence-electron chi connectivity index (χ3n) is 5.37. The lowest BCUT2D eigenvalue weighted by atomic mass is 9.83. The van der Waals surface area contributed by atoms with Crippen molar-refractivity contribution in [2.45, 2.75) is 58.0 Å². The Bertz CT molecular complexity index is 545. The Labute approximate surface area is 143 Å². The number of nitrogens with zero attached hydrogens (tertiary/aromatic N) is 3. The van der Waals surface area contributed by atoms with Crippen molar-refractivity contribution in [1.82, 2.24) is 20.0 Å². The molecule has 0 aromatic carbocycles. The van der Waals surface area contributed by atoms with Crippen molar-refractivity contribution < 1.29 is 9.59 Å². The van der Waals surface area contributed by atoms with Gasteiger partial charge in [-0.3, -0.25) is 14.3 Å². The number of aryl methyl sites for hydroxylation is 1. The van der Waals surface area contributed by atoms with Crippen LogP contribution in [-0.2, 0) is 16.1 Å². The molecule has 2 amide bonds. The van der Waals surface area contributed by atoms with Gasteiger partial charge in [-0.05, 0) is 45.1 Å². The lowest BCUT2D eigenvalue weighted by Crippen LogP contribution is -2.47. The topological polar surface area (TPSA) is 67.2 Å². The Hall–Kier alpha value is -1.85. The Balaban J connectivity index is 1.37. The summed E-state index contributed by atoms with van der Waals surface area (Å²) < 4.78 is 1.88. The Morgan fingerprint density at radius 2 is 1.96 bits per heavy atom. The number of hydrogen-bond donors (Lipinski definition) is 1. The molecule has 1 aromatic rings. The van der Waals surface area contributed by atoms with Crippen LogP contribution in [-0.4, -0.2) is 45.6 Å². The van der Waals surface area contributed by atoms with Gasteiger partial charge in [-0.1, -0.05) is 6.42 Å². The zero-order valence-electron chi connectivity index (χ0n) is 14.5. The third kappa shape index (κ3) is 4.16. The fourth-order valence-corrected chi connectivity index (χ4v) is 3.47. The average molecular weight is 332 g/mol. The highest BCUT2D eigenvalue weighted by molar-refractivity contribution is 5.81. The molecular formula is C18H28N4O2. The van der Waals surface area contributed by atoms with Crippen LogP contribution in [0.1, 0.15) is 45.4 Å². The van der Waals surface area contributed by atoms with Gasteiger partial charge in [0.1, 0.15) is 0 Å². The van der Waals surface area contributed by atoms with Crippen LogP contribution < -0.4 is 5.32 Å². The van der Waals surface area contributed by atoms with Crippen molar-refractivity contribution >= 4 is 11.8 Å². The van der Waals surface area contributed by atoms with Gasteiger partial charge in [0.2, 0.25) is 11.8 Å². The molecule has 0 unspecified atom stereocenters. The van der Waals surface area contributed by atoms with Crippen molar-refractivity contribution in [3.63, 3.8) is 0 Å². The first-order valence-electron chi connectivity index (χ1n) is 9.20. The molecule has 1 atom stereocenters. The molecule has 0 bridgehead atoms. The van der Waals surface area contributed by atoms with Crippen LogP contribution in [0.5, 0.6) is 0 Å². The number of amides is 2. The monoisotopic (exact) mass is 332 g/mol. The first-order chi connectivity index (χ1) is 11.6. The maximum Gasteiger partial charge on any atom is 0.225 e. The van der Waals surface area contributed by atoms with Crippen molar-refractivity contribution in [2.75, 3.05) is 13.1 Å². The van der Waals surface area contributed by atoms with Crippen LogP contribution >= 0.6 is 0 Å². The number of likely N-dealkylation sites (tertiary alicyclic amines) is 1. The van der Waals surface area contributed by atoms with Crippen LogP contribution in [0.2, 0.25) is 0 Å². The smallest absolute Gasteiger partial charge is 0.225 e. The summed E-state index contributed by atoms with van der Waals surface area (Å²) in [5.74, 6) is 0.756. The van der Waals surface area contributed by atoms with Crippen molar-refractivity contribution in [1.29, 1.82) is 0 Å². The highest BCUT2D eigenvalue weighted by Crippen LogP contribution is 2.30. The van der Waals surface area contributed by atoms with Crippen LogP contribution in [0.3, 0.4) is 0 Å². The molecule has 3 rings (SSSR count). The first-order valence-corrected chi connectivity index (χ1v) is 9.20. The van der Waals surface area contributed by atoms with E-state index < -0.39 is 0 Å². The van der Waals surface area contributed by atoms with Crippen LogP contribution in [0.25, 0.3) is 0 Å². The molecule has 2 heterocycles. The summed E-state index contributed by atoms with van der Waals surface area (Å²) in [6.45, 7) is 4.31. The first kappa shape index (κ1) is 17.0. The number of aromatic nitrogens is 2. The fourth-order valence-electron chi connectivity index (χ4n) is 3.47. The van der Waals surface area contributed by atoms with E-state index in [4.69, 9.17) is 0 Å². The number of carbonyl (C=O) groups excluding carboxylic acids is 2. The summed E-state index contributed by atoms with van der Waals surface area (Å²) >= 11 is 0. The fraction of sp³-hybridized carbons (Fsp3) is 0.722. The lowest BCUT2D eigenvalue weighted by Gasteiger charge is -2.36. The molecule has 2 aliphatic rings. The minimum absolute atomic E-state index is 0.0441. The predicted molar refractivity (Wildman–Crippen MR) is 91.1 cm³/mol. The van der Waals surface area contributed by atoms with E-state index in [1.165, 1.54) is 6.42 Å². The predicted octanol–water partition coefficient (Wildman–Crippen LogP) is 1.82. The number of piperidine rings is 1. The molecule has 1 aliphatic heterocycles. The highest BCUT2D eigenvalue weighted by atomic mass is 16.2. The number of carbonyl (C=O) groups is 2. The van der Waals surface area contributed by atoms with Gasteiger partial charge in [0.15, 0.2) is 0 Å². The van der Waals surface area contributed by atoms with E-state index in [1.54, 1.807) is 6.20 Å². The largest absolute Gasteiger partial charge is 0.353 e. The second kappa shape index (κ2) is 7.81. The second-order valence-electron chi connectivity index (χ2n) is 7.19. The molecule has 1 N–H and O–H groups in total. The number of rotatable bonds is 6. The third-order valence-corrected chi connectivity index (χ3v) is 5.37. The molecule has 132 valence electrons. The Morgan fingerprint density at radius 3 is 2.54 bits per heavy atom. The van der Waals surface area contributed by atoms with E-state index in [1.807, 2.05) is 28.8 Å². The summed E-state index contributed by atoms with van der Waals surface area (Å²) in [7, 11) is 0. The molecule has 1 aromatic heterocycles. The number of hydrogen-bond acceptors (Lipinski definition) is 3. The maximum atomic E-state index is 12.4. The summed E-state index contributed by atoms with van der Waals surface area (Å²) in [4.78, 5) is 26.6. The maximum absolute atomic E-state index is 12.4. The quantitative estimate of drug-likeness (QED) is 0.864. The summed E-state index contributed by atoms with van der Waals surface area (Å²) in [6, 6.07) is 2.04. The van der Waals surface area contributed by atoms with Crippen molar-refractivity contribution in [3.8, 4) is 0 Å². The van der Waals surface area contributed by atoms with E-state index in [0.29, 0.717) is 5.91 Å². The van der Waals surface area contributed by atoms with Crippen LogP contribution in [0.4, 0.5) is 0 Å². The molecule has 1 saturated carbocycles. The highest BCUT2D eigenvalue weighted by Gasteiger charge is 2.33. The normalized spacial score (nSPS) is 20.5. The van der Waals surface area contributed by atoms with Gasteiger partial charge in [0, 0.05) is 49.9 Å². The van der Waals surface area contributed by atoms with E-state index in [9.17, 15) is 9.59 Å². The molecule has 0 spiro atoms. The van der Waals surface area contributed by atoms with E-state index in [-0.39, 0.29) is 23.8 Å². The minimum Gasteiger partial charge on any atom is -0.353 e. The SMILES string of the molecule is C[C@H](CCn1cccn1)NC(=O)C1CCN(C(=O)C2CCC2)CC1. The molecule has 24 heavy (non-hydrogen) atoms. The van der Waals surface area contributed by atoms with E-state index in [2.05, 4.69) is 10.4 Å². The van der Waals surface area contributed by atoms with Gasteiger partial charge in [-0.25, -0.2) is 0 Å². The van der Waals surface area contributed by atoms with Gasteiger partial charge >= 0.3 is 0 Å². The van der Waals surface area contributed by atoms with Crippen molar-refractivity contribution in [3.05, 3.63) is 18.5 Å². The van der Waals surface area contributed by atoms with Crippen molar-refractivity contribution in [2.24, 2.45) is 11.8 Å². The average Bonchev–Trinajstić information content (AvgIpc) is 3.05. The van der Waals surface area contributed by atoms with Gasteiger partial charge in [-0.2, -0.15) is 5.10 Å². The van der Waals surface area contributed by atoms with Crippen LogP contribution in [0.15, 0.2) is 18.5 Å². The summed E-state index contributed by atoms with van der Waals surface area (Å²) in [5.41, 5.74) is 0. The minimum atomic E-state index is 0.0441. The molecule has 1 saturated heterocycles. The van der Waals surface area contributed by atoms with Gasteiger partial charge < -0.3 is 10.2 Å². The van der Waals surface area contributed by atoms with Gasteiger partial charge in [-0.15, -0.1) is 0 Å². The summed E-state index contributed by atoms with van der Waals surface area (Å²) in [5, 5.41) is 7.29. The Kier molecular flexibility index (Phi) is 5.53. The van der Waals surface area contributed by atoms with Crippen LogP contribution in [0, 0.1) is 11.8 Å². The van der Waals surface area contributed by atoms with Gasteiger partial charge in [0.25, 0.3) is 0 Å². The standard InChI is InChI=1S/C18H28N4O2/c1-14(6-13-22-10-3-9-19-22)20-17(23)15-7-11-21(12-8-15)18(24)16-4-2-5-16/h3,9-10,14-16H,2,4-8,11-13H2,1H3,(H,20,23)/t14-/m1/s1. The molecule has 6 nitrogen and oxygen atoms in total.